The van der Waals surface area contributed by atoms with Gasteiger partial charge in [-0.05, 0) is 43.4 Å². The lowest BCUT2D eigenvalue weighted by molar-refractivity contribution is 0.249. The highest BCUT2D eigenvalue weighted by molar-refractivity contribution is 7.89. The van der Waals surface area contributed by atoms with E-state index >= 15 is 0 Å². The Balaban J connectivity index is 1.76. The lowest BCUT2D eigenvalue weighted by atomic mass is 9.91. The molecule has 0 unspecified atom stereocenters. The normalized spacial score (nSPS) is 24.1. The fourth-order valence-electron chi connectivity index (χ4n) is 2.92. The van der Waals surface area contributed by atoms with Gasteiger partial charge in [-0.25, -0.2) is 13.1 Å². The predicted octanol–water partition coefficient (Wildman–Crippen LogP) is 1.65. The molecule has 0 aromatic rings. The fraction of sp³-hybridized carbons (Fsp3) is 1.00. The van der Waals surface area contributed by atoms with Gasteiger partial charge < -0.3 is 5.11 Å². The van der Waals surface area contributed by atoms with Gasteiger partial charge in [-0.15, -0.1) is 0 Å². The van der Waals surface area contributed by atoms with Gasteiger partial charge in [0.2, 0.25) is 10.0 Å². The molecule has 0 spiro atoms. The van der Waals surface area contributed by atoms with Gasteiger partial charge in [0.15, 0.2) is 0 Å². The molecule has 5 heteroatoms. The molecule has 2 N–H and O–H groups in total. The van der Waals surface area contributed by atoms with Crippen molar-refractivity contribution in [1.29, 1.82) is 0 Å². The maximum absolute atomic E-state index is 12.0. The van der Waals surface area contributed by atoms with Crippen LogP contribution in [0.1, 0.15) is 51.4 Å². The Morgan fingerprint density at radius 3 is 2.39 bits per heavy atom. The Kier molecular flexibility index (Phi) is 4.67. The maximum atomic E-state index is 12.0. The number of aliphatic hydroxyl groups excluding tert-OH is 1. The van der Waals surface area contributed by atoms with Gasteiger partial charge in [-0.1, -0.05) is 19.3 Å². The number of sulfonamides is 1. The standard InChI is InChI=1S/C13H25NO3S/c15-9-8-13(6-7-13)11-14-18(16,17)10-12-4-2-1-3-5-12/h12,14-15H,1-11H2. The topological polar surface area (TPSA) is 66.4 Å². The van der Waals surface area contributed by atoms with Crippen molar-refractivity contribution in [1.82, 2.24) is 4.72 Å². The van der Waals surface area contributed by atoms with Crippen LogP contribution in [0.3, 0.4) is 0 Å². The molecule has 0 aliphatic heterocycles. The average Bonchev–Trinajstić information content (AvgIpc) is 3.09. The molecule has 0 saturated heterocycles. The summed E-state index contributed by atoms with van der Waals surface area (Å²) in [5, 5.41) is 8.96. The van der Waals surface area contributed by atoms with E-state index in [1.54, 1.807) is 0 Å². The first-order chi connectivity index (χ1) is 8.55. The van der Waals surface area contributed by atoms with Gasteiger partial charge in [-0.3, -0.25) is 0 Å². The second kappa shape index (κ2) is 5.88. The quantitative estimate of drug-likeness (QED) is 0.742. The lowest BCUT2D eigenvalue weighted by Gasteiger charge is -2.22. The van der Waals surface area contributed by atoms with Crippen LogP contribution in [0, 0.1) is 11.3 Å². The number of nitrogens with one attached hydrogen (secondary N) is 1. The first-order valence-electron chi connectivity index (χ1n) is 7.13. The minimum atomic E-state index is -3.12. The fourth-order valence-corrected chi connectivity index (χ4v) is 4.51. The molecule has 0 atom stereocenters. The van der Waals surface area contributed by atoms with Crippen LogP contribution in [-0.2, 0) is 10.0 Å². The minimum absolute atomic E-state index is 0.0639. The molecule has 2 saturated carbocycles. The van der Waals surface area contributed by atoms with Gasteiger partial charge in [-0.2, -0.15) is 0 Å². The summed E-state index contributed by atoms with van der Waals surface area (Å²) >= 11 is 0. The first kappa shape index (κ1) is 14.3. The average molecular weight is 275 g/mol. The Bertz CT molecular complexity index is 356. The molecular weight excluding hydrogens is 250 g/mol. The Labute approximate surface area is 110 Å². The van der Waals surface area contributed by atoms with Crippen LogP contribution in [0.15, 0.2) is 0 Å². The highest BCUT2D eigenvalue weighted by Crippen LogP contribution is 2.48. The third kappa shape index (κ3) is 4.21. The number of aliphatic hydroxyl groups is 1. The minimum Gasteiger partial charge on any atom is -0.396 e. The molecule has 106 valence electrons. The summed E-state index contributed by atoms with van der Waals surface area (Å²) in [5.41, 5.74) is 0.0639. The van der Waals surface area contributed by atoms with Crippen molar-refractivity contribution >= 4 is 10.0 Å². The van der Waals surface area contributed by atoms with E-state index in [0.29, 0.717) is 18.2 Å². The SMILES string of the molecule is O=S(=O)(CC1CCCCC1)NCC1(CCO)CC1. The summed E-state index contributed by atoms with van der Waals surface area (Å²) in [6.45, 7) is 0.674. The largest absolute Gasteiger partial charge is 0.396 e. The summed E-state index contributed by atoms with van der Waals surface area (Å²) in [4.78, 5) is 0. The lowest BCUT2D eigenvalue weighted by Crippen LogP contribution is -2.35. The van der Waals surface area contributed by atoms with E-state index < -0.39 is 10.0 Å². The Morgan fingerprint density at radius 1 is 1.17 bits per heavy atom. The molecule has 2 aliphatic carbocycles. The van der Waals surface area contributed by atoms with Gasteiger partial charge in [0.25, 0.3) is 0 Å². The van der Waals surface area contributed by atoms with Crippen molar-refractivity contribution in [2.45, 2.75) is 51.4 Å². The monoisotopic (exact) mass is 275 g/mol. The van der Waals surface area contributed by atoms with Crippen molar-refractivity contribution in [2.24, 2.45) is 11.3 Å². The molecule has 0 amide bonds. The van der Waals surface area contributed by atoms with E-state index in [1.807, 2.05) is 0 Å². The highest BCUT2D eigenvalue weighted by atomic mass is 32.2. The van der Waals surface area contributed by atoms with Crippen molar-refractivity contribution < 1.29 is 13.5 Å². The van der Waals surface area contributed by atoms with Crippen molar-refractivity contribution in [2.75, 3.05) is 18.9 Å². The summed E-state index contributed by atoms with van der Waals surface area (Å²) in [6.07, 6.45) is 8.52. The molecule has 2 aliphatic rings. The predicted molar refractivity (Wildman–Crippen MR) is 71.7 cm³/mol. The zero-order valence-electron chi connectivity index (χ0n) is 11.0. The molecule has 0 radical (unpaired) electrons. The third-order valence-corrected chi connectivity index (χ3v) is 5.94. The molecule has 0 heterocycles. The zero-order chi connectivity index (χ0) is 13.1. The summed E-state index contributed by atoms with van der Waals surface area (Å²) in [5.74, 6) is 0.645. The van der Waals surface area contributed by atoms with Crippen LogP contribution >= 0.6 is 0 Å². The Hall–Kier alpha value is -0.130. The molecule has 0 bridgehead atoms. The van der Waals surface area contributed by atoms with E-state index in [9.17, 15) is 8.42 Å². The van der Waals surface area contributed by atoms with Crippen LogP contribution in [0.2, 0.25) is 0 Å². The first-order valence-corrected chi connectivity index (χ1v) is 8.79. The van der Waals surface area contributed by atoms with Crippen molar-refractivity contribution in [3.05, 3.63) is 0 Å². The Morgan fingerprint density at radius 2 is 1.83 bits per heavy atom. The summed E-state index contributed by atoms with van der Waals surface area (Å²) in [6, 6.07) is 0. The zero-order valence-corrected chi connectivity index (χ0v) is 11.8. The maximum Gasteiger partial charge on any atom is 0.211 e. The van der Waals surface area contributed by atoms with Crippen LogP contribution in [0.4, 0.5) is 0 Å². The van der Waals surface area contributed by atoms with Gasteiger partial charge >= 0.3 is 0 Å². The van der Waals surface area contributed by atoms with E-state index in [2.05, 4.69) is 4.72 Å². The van der Waals surface area contributed by atoms with Crippen LogP contribution < -0.4 is 4.72 Å². The summed E-state index contributed by atoms with van der Waals surface area (Å²) < 4.78 is 26.8. The van der Waals surface area contributed by atoms with Crippen LogP contribution in [0.5, 0.6) is 0 Å². The smallest absolute Gasteiger partial charge is 0.211 e. The third-order valence-electron chi connectivity index (χ3n) is 4.45. The highest BCUT2D eigenvalue weighted by Gasteiger charge is 2.42. The molecule has 0 aromatic heterocycles. The molecule has 0 aromatic carbocycles. The number of hydrogen-bond acceptors (Lipinski definition) is 3. The summed E-state index contributed by atoms with van der Waals surface area (Å²) in [7, 11) is -3.12. The van der Waals surface area contributed by atoms with E-state index in [1.165, 1.54) is 19.3 Å². The van der Waals surface area contributed by atoms with E-state index in [-0.39, 0.29) is 12.0 Å². The number of rotatable bonds is 7. The van der Waals surface area contributed by atoms with E-state index in [0.717, 1.165) is 32.1 Å². The molecular formula is C13H25NO3S. The van der Waals surface area contributed by atoms with Crippen LogP contribution in [0.25, 0.3) is 0 Å². The van der Waals surface area contributed by atoms with Gasteiger partial charge in [0, 0.05) is 13.2 Å². The van der Waals surface area contributed by atoms with Crippen molar-refractivity contribution in [3.8, 4) is 0 Å². The van der Waals surface area contributed by atoms with Crippen molar-refractivity contribution in [3.63, 3.8) is 0 Å². The molecule has 18 heavy (non-hydrogen) atoms. The number of hydrogen-bond donors (Lipinski definition) is 2. The molecule has 4 nitrogen and oxygen atoms in total. The second-order valence-corrected chi connectivity index (χ2v) is 7.93. The second-order valence-electron chi connectivity index (χ2n) is 6.08. The molecule has 2 fully saturated rings. The van der Waals surface area contributed by atoms with E-state index in [4.69, 9.17) is 5.11 Å². The van der Waals surface area contributed by atoms with Crippen LogP contribution in [-0.4, -0.2) is 32.4 Å². The van der Waals surface area contributed by atoms with Gasteiger partial charge in [0.05, 0.1) is 5.75 Å². The van der Waals surface area contributed by atoms with Gasteiger partial charge in [0.1, 0.15) is 0 Å². The molecule has 2 rings (SSSR count).